The van der Waals surface area contributed by atoms with Gasteiger partial charge in [-0.15, -0.1) is 0 Å². The summed E-state index contributed by atoms with van der Waals surface area (Å²) < 4.78 is 1.47. The van der Waals surface area contributed by atoms with Gasteiger partial charge in [0, 0.05) is 44.0 Å². The van der Waals surface area contributed by atoms with E-state index in [1.165, 1.54) is 10.6 Å². The van der Waals surface area contributed by atoms with Gasteiger partial charge >= 0.3 is 0 Å². The van der Waals surface area contributed by atoms with Gasteiger partial charge in [0.15, 0.2) is 0 Å². The molecule has 0 spiro atoms. The highest BCUT2D eigenvalue weighted by Crippen LogP contribution is 2.18. The second-order valence-electron chi connectivity index (χ2n) is 6.19. The van der Waals surface area contributed by atoms with Crippen molar-refractivity contribution < 1.29 is 4.79 Å². The van der Waals surface area contributed by atoms with Crippen LogP contribution in [0.25, 0.3) is 0 Å². The molecule has 1 amide bonds. The van der Waals surface area contributed by atoms with Crippen molar-refractivity contribution in [1.82, 2.24) is 14.8 Å². The van der Waals surface area contributed by atoms with E-state index in [0.717, 1.165) is 32.5 Å². The number of hydrogen-bond acceptors (Lipinski definition) is 3. The standard InChI is InChI=1S/C16H25N3O2/c1-12(2)17-10-13-5-4-7-19(11-13)16(21)14-6-8-18(3)15(20)9-14/h6,8-9,12-13,17H,4-5,7,10-11H2,1-3H3. The number of amides is 1. The zero-order chi connectivity index (χ0) is 15.4. The third-order valence-corrected chi connectivity index (χ3v) is 3.97. The van der Waals surface area contributed by atoms with Crippen LogP contribution in [0.3, 0.4) is 0 Å². The maximum absolute atomic E-state index is 12.5. The van der Waals surface area contributed by atoms with Crippen molar-refractivity contribution in [1.29, 1.82) is 0 Å². The zero-order valence-electron chi connectivity index (χ0n) is 13.1. The van der Waals surface area contributed by atoms with Crippen LogP contribution in [-0.4, -0.2) is 41.1 Å². The Balaban J connectivity index is 2.01. The van der Waals surface area contributed by atoms with Crippen molar-refractivity contribution in [2.45, 2.75) is 32.7 Å². The minimum Gasteiger partial charge on any atom is -0.338 e. The van der Waals surface area contributed by atoms with Crippen LogP contribution in [0.4, 0.5) is 0 Å². The summed E-state index contributed by atoms with van der Waals surface area (Å²) in [6.45, 7) is 6.76. The van der Waals surface area contributed by atoms with Crippen molar-refractivity contribution in [3.8, 4) is 0 Å². The monoisotopic (exact) mass is 291 g/mol. The van der Waals surface area contributed by atoms with Gasteiger partial charge in [-0.25, -0.2) is 0 Å². The summed E-state index contributed by atoms with van der Waals surface area (Å²) in [5.41, 5.74) is 0.353. The molecule has 1 unspecified atom stereocenters. The minimum atomic E-state index is -0.143. The van der Waals surface area contributed by atoms with Gasteiger partial charge < -0.3 is 14.8 Å². The fourth-order valence-electron chi connectivity index (χ4n) is 2.68. The molecular weight excluding hydrogens is 266 g/mol. The quantitative estimate of drug-likeness (QED) is 0.908. The topological polar surface area (TPSA) is 54.3 Å². The number of hydrogen-bond donors (Lipinski definition) is 1. The average Bonchev–Trinajstić information content (AvgIpc) is 2.47. The molecule has 116 valence electrons. The fourth-order valence-corrected chi connectivity index (χ4v) is 2.68. The highest BCUT2D eigenvalue weighted by atomic mass is 16.2. The van der Waals surface area contributed by atoms with Crippen LogP contribution in [0.15, 0.2) is 23.1 Å². The Morgan fingerprint density at radius 3 is 2.90 bits per heavy atom. The molecule has 0 aromatic carbocycles. The summed E-state index contributed by atoms with van der Waals surface area (Å²) in [7, 11) is 1.69. The maximum Gasteiger partial charge on any atom is 0.254 e. The van der Waals surface area contributed by atoms with Gasteiger partial charge in [-0.05, 0) is 31.4 Å². The number of carbonyl (C=O) groups excluding carboxylic acids is 1. The molecule has 1 atom stereocenters. The summed E-state index contributed by atoms with van der Waals surface area (Å²) in [5.74, 6) is 0.471. The Morgan fingerprint density at radius 1 is 1.48 bits per heavy atom. The maximum atomic E-state index is 12.5. The van der Waals surface area contributed by atoms with Crippen molar-refractivity contribution in [2.75, 3.05) is 19.6 Å². The highest BCUT2D eigenvalue weighted by Gasteiger charge is 2.24. The van der Waals surface area contributed by atoms with Crippen LogP contribution in [-0.2, 0) is 7.05 Å². The highest BCUT2D eigenvalue weighted by molar-refractivity contribution is 5.94. The summed E-state index contributed by atoms with van der Waals surface area (Å²) in [6.07, 6.45) is 3.83. The van der Waals surface area contributed by atoms with E-state index >= 15 is 0 Å². The van der Waals surface area contributed by atoms with E-state index in [2.05, 4.69) is 19.2 Å². The number of nitrogens with zero attached hydrogens (tertiary/aromatic N) is 2. The zero-order valence-corrected chi connectivity index (χ0v) is 13.1. The van der Waals surface area contributed by atoms with Crippen molar-refractivity contribution in [3.05, 3.63) is 34.2 Å². The van der Waals surface area contributed by atoms with E-state index < -0.39 is 0 Å². The Labute approximate surface area is 126 Å². The second-order valence-corrected chi connectivity index (χ2v) is 6.19. The van der Waals surface area contributed by atoms with E-state index in [-0.39, 0.29) is 11.5 Å². The summed E-state index contributed by atoms with van der Waals surface area (Å²) in [6, 6.07) is 3.62. The largest absolute Gasteiger partial charge is 0.338 e. The second kappa shape index (κ2) is 6.89. The SMILES string of the molecule is CC(C)NCC1CCCN(C(=O)c2ccn(C)c(=O)c2)C1. The van der Waals surface area contributed by atoms with Crippen molar-refractivity contribution in [2.24, 2.45) is 13.0 Å². The molecule has 1 aliphatic heterocycles. The predicted octanol–water partition coefficient (Wildman–Crippen LogP) is 1.24. The van der Waals surface area contributed by atoms with E-state index in [4.69, 9.17) is 0 Å². The van der Waals surface area contributed by atoms with Gasteiger partial charge in [0.1, 0.15) is 0 Å². The van der Waals surface area contributed by atoms with Crippen LogP contribution >= 0.6 is 0 Å². The molecule has 2 heterocycles. The smallest absolute Gasteiger partial charge is 0.254 e. The van der Waals surface area contributed by atoms with Crippen molar-refractivity contribution >= 4 is 5.91 Å². The van der Waals surface area contributed by atoms with Gasteiger partial charge in [0.2, 0.25) is 0 Å². The molecule has 1 aromatic rings. The number of rotatable bonds is 4. The Morgan fingerprint density at radius 2 is 2.24 bits per heavy atom. The molecule has 0 saturated carbocycles. The molecular formula is C16H25N3O2. The first-order valence-electron chi connectivity index (χ1n) is 7.66. The van der Waals surface area contributed by atoms with Crippen LogP contribution in [0.5, 0.6) is 0 Å². The van der Waals surface area contributed by atoms with Gasteiger partial charge in [-0.1, -0.05) is 13.8 Å². The third-order valence-electron chi connectivity index (χ3n) is 3.97. The van der Waals surface area contributed by atoms with Gasteiger partial charge in [-0.2, -0.15) is 0 Å². The van der Waals surface area contributed by atoms with E-state index in [1.54, 1.807) is 19.3 Å². The fraction of sp³-hybridized carbons (Fsp3) is 0.625. The molecule has 1 aromatic heterocycles. The molecule has 1 N–H and O–H groups in total. The summed E-state index contributed by atoms with van der Waals surface area (Å²) >= 11 is 0. The molecule has 0 radical (unpaired) electrons. The molecule has 5 nitrogen and oxygen atoms in total. The lowest BCUT2D eigenvalue weighted by molar-refractivity contribution is 0.0672. The Hall–Kier alpha value is -1.62. The Bertz CT molecular complexity index is 551. The van der Waals surface area contributed by atoms with E-state index in [0.29, 0.717) is 17.5 Å². The molecule has 0 aliphatic carbocycles. The molecule has 1 fully saturated rings. The van der Waals surface area contributed by atoms with Crippen LogP contribution in [0, 0.1) is 5.92 Å². The number of piperidine rings is 1. The predicted molar refractivity (Wildman–Crippen MR) is 83.4 cm³/mol. The van der Waals surface area contributed by atoms with Gasteiger partial charge in [0.05, 0.1) is 0 Å². The molecule has 21 heavy (non-hydrogen) atoms. The van der Waals surface area contributed by atoms with Crippen LogP contribution in [0.2, 0.25) is 0 Å². The van der Waals surface area contributed by atoms with Crippen LogP contribution < -0.4 is 10.9 Å². The molecule has 1 aliphatic rings. The molecule has 0 bridgehead atoms. The summed E-state index contributed by atoms with van der Waals surface area (Å²) in [4.78, 5) is 26.0. The molecule has 2 rings (SSSR count). The number of likely N-dealkylation sites (tertiary alicyclic amines) is 1. The first-order chi connectivity index (χ1) is 9.97. The van der Waals surface area contributed by atoms with Gasteiger partial charge in [-0.3, -0.25) is 9.59 Å². The van der Waals surface area contributed by atoms with Crippen LogP contribution in [0.1, 0.15) is 37.0 Å². The lowest BCUT2D eigenvalue weighted by atomic mass is 9.97. The average molecular weight is 291 g/mol. The number of nitrogens with one attached hydrogen (secondary N) is 1. The third kappa shape index (κ3) is 4.17. The Kier molecular flexibility index (Phi) is 5.17. The number of carbonyl (C=O) groups is 1. The molecule has 5 heteroatoms. The normalized spacial score (nSPS) is 19.0. The van der Waals surface area contributed by atoms with Crippen molar-refractivity contribution in [3.63, 3.8) is 0 Å². The lowest BCUT2D eigenvalue weighted by Gasteiger charge is -2.33. The first-order valence-corrected chi connectivity index (χ1v) is 7.66. The van der Waals surface area contributed by atoms with Gasteiger partial charge in [0.25, 0.3) is 11.5 Å². The lowest BCUT2D eigenvalue weighted by Crippen LogP contribution is -2.44. The molecule has 1 saturated heterocycles. The number of aryl methyl sites for hydroxylation is 1. The first kappa shape index (κ1) is 15.8. The minimum absolute atomic E-state index is 0.0260. The number of pyridine rings is 1. The number of aromatic nitrogens is 1. The van der Waals surface area contributed by atoms with E-state index in [9.17, 15) is 9.59 Å². The summed E-state index contributed by atoms with van der Waals surface area (Å²) in [5, 5.41) is 3.44. The van der Waals surface area contributed by atoms with E-state index in [1.807, 2.05) is 4.90 Å².